The fraction of sp³-hybridized carbons (Fsp3) is 0.357. The fourth-order valence-electron chi connectivity index (χ4n) is 1.89. The van der Waals surface area contributed by atoms with Crippen molar-refractivity contribution in [2.45, 2.75) is 33.1 Å². The van der Waals surface area contributed by atoms with Crippen LogP contribution in [0, 0.1) is 19.7 Å². The van der Waals surface area contributed by atoms with Crippen molar-refractivity contribution in [1.29, 1.82) is 0 Å². The molecule has 114 valence electrons. The van der Waals surface area contributed by atoms with E-state index in [9.17, 15) is 17.6 Å². The zero-order valence-corrected chi connectivity index (χ0v) is 11.5. The first-order valence-electron chi connectivity index (χ1n) is 6.26. The Labute approximate surface area is 119 Å². The van der Waals surface area contributed by atoms with Crippen LogP contribution in [0.3, 0.4) is 0 Å². The Morgan fingerprint density at radius 1 is 1.19 bits per heavy atom. The molecular formula is C14H14F4N2O. The van der Waals surface area contributed by atoms with Gasteiger partial charge in [0, 0.05) is 6.54 Å². The van der Waals surface area contributed by atoms with Crippen molar-refractivity contribution in [2.75, 3.05) is 0 Å². The molecule has 1 heterocycles. The van der Waals surface area contributed by atoms with Crippen LogP contribution < -0.4 is 5.32 Å². The molecule has 1 N–H and O–H groups in total. The number of halogens is 4. The molecule has 2 aromatic rings. The molecule has 0 unspecified atom stereocenters. The highest BCUT2D eigenvalue weighted by molar-refractivity contribution is 5.30. The largest absolute Gasteiger partial charge is 0.444 e. The molecule has 0 saturated carbocycles. The average molecular weight is 302 g/mol. The minimum atomic E-state index is -4.59. The van der Waals surface area contributed by atoms with Crippen molar-refractivity contribution in [2.24, 2.45) is 0 Å². The normalized spacial score (nSPS) is 11.9. The number of aryl methyl sites for hydroxylation is 2. The van der Waals surface area contributed by atoms with Gasteiger partial charge in [0.2, 0.25) is 5.89 Å². The van der Waals surface area contributed by atoms with E-state index in [0.717, 1.165) is 17.8 Å². The Bertz CT molecular complexity index is 615. The van der Waals surface area contributed by atoms with Gasteiger partial charge < -0.3 is 9.73 Å². The lowest BCUT2D eigenvalue weighted by Crippen LogP contribution is -2.17. The summed E-state index contributed by atoms with van der Waals surface area (Å²) in [5.41, 5.74) is -0.261. The molecular weight excluding hydrogens is 288 g/mol. The molecule has 0 atom stereocenters. The van der Waals surface area contributed by atoms with Gasteiger partial charge in [0.1, 0.15) is 11.6 Å². The monoisotopic (exact) mass is 302 g/mol. The molecule has 1 aromatic carbocycles. The summed E-state index contributed by atoms with van der Waals surface area (Å²) in [5.74, 6) is 0.162. The standard InChI is InChI=1S/C14H14F4N2O/c1-8-9(2)21-13(20-8)7-19-6-10-3-4-11(15)5-12(10)14(16,17)18/h3-5,19H,6-7H2,1-2H3. The first-order chi connectivity index (χ1) is 9.77. The van der Waals surface area contributed by atoms with Gasteiger partial charge in [0.05, 0.1) is 17.8 Å². The fourth-order valence-corrected chi connectivity index (χ4v) is 1.89. The number of oxazole rings is 1. The first kappa shape index (κ1) is 15.5. The van der Waals surface area contributed by atoms with Gasteiger partial charge in [-0.2, -0.15) is 13.2 Å². The smallest absolute Gasteiger partial charge is 0.416 e. The van der Waals surface area contributed by atoms with Gasteiger partial charge in [-0.15, -0.1) is 0 Å². The van der Waals surface area contributed by atoms with E-state index < -0.39 is 17.6 Å². The highest BCUT2D eigenvalue weighted by Gasteiger charge is 2.33. The Morgan fingerprint density at radius 3 is 2.48 bits per heavy atom. The number of hydrogen-bond donors (Lipinski definition) is 1. The highest BCUT2D eigenvalue weighted by atomic mass is 19.4. The molecule has 0 aliphatic rings. The van der Waals surface area contributed by atoms with E-state index in [4.69, 9.17) is 4.42 Å². The maximum atomic E-state index is 13.0. The lowest BCUT2D eigenvalue weighted by Gasteiger charge is -2.13. The number of alkyl halides is 3. The molecule has 7 heteroatoms. The number of aromatic nitrogens is 1. The van der Waals surface area contributed by atoms with Crippen LogP contribution in [0.5, 0.6) is 0 Å². The third-order valence-electron chi connectivity index (χ3n) is 3.04. The van der Waals surface area contributed by atoms with Crippen LogP contribution in [-0.4, -0.2) is 4.98 Å². The van der Waals surface area contributed by atoms with Gasteiger partial charge in [-0.1, -0.05) is 6.07 Å². The number of nitrogens with one attached hydrogen (secondary N) is 1. The zero-order chi connectivity index (χ0) is 15.6. The Hall–Kier alpha value is -1.89. The van der Waals surface area contributed by atoms with Crippen molar-refractivity contribution in [3.63, 3.8) is 0 Å². The number of hydrogen-bond acceptors (Lipinski definition) is 3. The Morgan fingerprint density at radius 2 is 1.90 bits per heavy atom. The molecule has 0 saturated heterocycles. The van der Waals surface area contributed by atoms with E-state index in [2.05, 4.69) is 10.3 Å². The van der Waals surface area contributed by atoms with Crippen molar-refractivity contribution in [3.05, 3.63) is 52.5 Å². The number of nitrogens with zero attached hydrogens (tertiary/aromatic N) is 1. The van der Waals surface area contributed by atoms with E-state index in [1.54, 1.807) is 13.8 Å². The third kappa shape index (κ3) is 3.81. The lowest BCUT2D eigenvalue weighted by atomic mass is 10.1. The van der Waals surface area contributed by atoms with E-state index >= 15 is 0 Å². The second-order valence-corrected chi connectivity index (χ2v) is 4.65. The van der Waals surface area contributed by atoms with E-state index in [0.29, 0.717) is 17.7 Å². The quantitative estimate of drug-likeness (QED) is 0.874. The molecule has 0 bridgehead atoms. The Kier molecular flexibility index (Phi) is 4.32. The second-order valence-electron chi connectivity index (χ2n) is 4.65. The van der Waals surface area contributed by atoms with Crippen LogP contribution in [0.25, 0.3) is 0 Å². The third-order valence-corrected chi connectivity index (χ3v) is 3.04. The van der Waals surface area contributed by atoms with Crippen LogP contribution in [0.15, 0.2) is 22.6 Å². The molecule has 0 radical (unpaired) electrons. The summed E-state index contributed by atoms with van der Waals surface area (Å²) >= 11 is 0. The average Bonchev–Trinajstić information content (AvgIpc) is 2.69. The zero-order valence-electron chi connectivity index (χ0n) is 11.5. The molecule has 0 fully saturated rings. The van der Waals surface area contributed by atoms with E-state index in [1.165, 1.54) is 0 Å². The molecule has 3 nitrogen and oxygen atoms in total. The predicted molar refractivity (Wildman–Crippen MR) is 67.9 cm³/mol. The molecule has 0 aliphatic heterocycles. The molecule has 0 aliphatic carbocycles. The molecule has 0 spiro atoms. The van der Waals surface area contributed by atoms with Gasteiger partial charge in [0.25, 0.3) is 0 Å². The second kappa shape index (κ2) is 5.85. The minimum absolute atomic E-state index is 0.0242. The summed E-state index contributed by atoms with van der Waals surface area (Å²) in [7, 11) is 0. The summed E-state index contributed by atoms with van der Waals surface area (Å²) in [4.78, 5) is 4.12. The molecule has 1 aromatic heterocycles. The topological polar surface area (TPSA) is 38.1 Å². The summed E-state index contributed by atoms with van der Waals surface area (Å²) in [6, 6.07) is 2.62. The van der Waals surface area contributed by atoms with Gasteiger partial charge in [-0.3, -0.25) is 0 Å². The number of rotatable bonds is 4. The van der Waals surface area contributed by atoms with Crippen molar-refractivity contribution >= 4 is 0 Å². The van der Waals surface area contributed by atoms with Gasteiger partial charge in [-0.25, -0.2) is 9.37 Å². The molecule has 0 amide bonds. The Balaban J connectivity index is 2.06. The van der Waals surface area contributed by atoms with Crippen LogP contribution in [0.1, 0.15) is 28.5 Å². The first-order valence-corrected chi connectivity index (χ1v) is 6.26. The SMILES string of the molecule is Cc1nc(CNCc2ccc(F)cc2C(F)(F)F)oc1C. The van der Waals surface area contributed by atoms with Gasteiger partial charge >= 0.3 is 6.18 Å². The molecule has 21 heavy (non-hydrogen) atoms. The maximum Gasteiger partial charge on any atom is 0.416 e. The lowest BCUT2D eigenvalue weighted by molar-refractivity contribution is -0.138. The highest BCUT2D eigenvalue weighted by Crippen LogP contribution is 2.32. The van der Waals surface area contributed by atoms with Gasteiger partial charge in [0.15, 0.2) is 0 Å². The van der Waals surface area contributed by atoms with Crippen molar-refractivity contribution in [3.8, 4) is 0 Å². The van der Waals surface area contributed by atoms with Crippen molar-refractivity contribution < 1.29 is 22.0 Å². The summed E-state index contributed by atoms with van der Waals surface area (Å²) in [6.07, 6.45) is -4.59. The summed E-state index contributed by atoms with van der Waals surface area (Å²) < 4.78 is 56.7. The van der Waals surface area contributed by atoms with Crippen molar-refractivity contribution in [1.82, 2.24) is 10.3 Å². The number of benzene rings is 1. The van der Waals surface area contributed by atoms with Gasteiger partial charge in [-0.05, 0) is 31.5 Å². The van der Waals surface area contributed by atoms with Crippen LogP contribution in [0.2, 0.25) is 0 Å². The predicted octanol–water partition coefficient (Wildman–Crippen LogP) is 3.74. The minimum Gasteiger partial charge on any atom is -0.444 e. The van der Waals surface area contributed by atoms with E-state index in [1.807, 2.05) is 0 Å². The van der Waals surface area contributed by atoms with Crippen LogP contribution in [0.4, 0.5) is 17.6 Å². The summed E-state index contributed by atoms with van der Waals surface area (Å²) in [6.45, 7) is 3.68. The van der Waals surface area contributed by atoms with Crippen LogP contribution >= 0.6 is 0 Å². The van der Waals surface area contributed by atoms with E-state index in [-0.39, 0.29) is 18.7 Å². The molecule has 2 rings (SSSR count). The summed E-state index contributed by atoms with van der Waals surface area (Å²) in [5, 5.41) is 2.81. The maximum absolute atomic E-state index is 13.0. The van der Waals surface area contributed by atoms with Crippen LogP contribution in [-0.2, 0) is 19.3 Å².